The standard InChI is InChI=1S/C49H82O21/c1-19(2)7-10-27(52)20(3)33-30(66-46-41(62)38(59)36(57)31(16-50)67-46)15-26-24-9-8-22-13-23(51)14-32(49(22,6)25(24)11-12-48(26,33)5)68-47-43(70-45-40(61)37(58)34(55)21(4)65-45)42(29(54)18-64-47)69-44-39(60)35(56)28(53)17-63-44/h8,19-21,23-47,50-62H,7,9-18H2,1-6H3. The molecule has 8 rings (SSSR count). The van der Waals surface area contributed by atoms with Crippen LogP contribution in [0.1, 0.15) is 92.9 Å². The maximum Gasteiger partial charge on any atom is 0.187 e. The highest BCUT2D eigenvalue weighted by molar-refractivity contribution is 5.28. The molecule has 3 saturated carbocycles. The normalized spacial score (nSPS) is 52.9. The van der Waals surface area contributed by atoms with Gasteiger partial charge in [-0.25, -0.2) is 0 Å². The number of ether oxygens (including phenoxy) is 8. The van der Waals surface area contributed by atoms with Crippen molar-refractivity contribution in [3.63, 3.8) is 0 Å². The van der Waals surface area contributed by atoms with E-state index in [-0.39, 0.29) is 42.6 Å². The van der Waals surface area contributed by atoms with Gasteiger partial charge in [0.15, 0.2) is 25.2 Å². The third-order valence-corrected chi connectivity index (χ3v) is 18.1. The fourth-order valence-electron chi connectivity index (χ4n) is 14.0. The van der Waals surface area contributed by atoms with Crippen LogP contribution in [0.15, 0.2) is 11.6 Å². The highest BCUT2D eigenvalue weighted by Crippen LogP contribution is 2.68. The summed E-state index contributed by atoms with van der Waals surface area (Å²) in [5.41, 5.74) is -0.148. The molecule has 0 aromatic heterocycles. The molecule has 13 N–H and O–H groups in total. The largest absolute Gasteiger partial charge is 0.394 e. The van der Waals surface area contributed by atoms with Gasteiger partial charge in [0.05, 0.1) is 50.3 Å². The first-order valence-electron chi connectivity index (χ1n) is 25.6. The second-order valence-corrected chi connectivity index (χ2v) is 22.8. The lowest BCUT2D eigenvalue weighted by Gasteiger charge is -2.60. The minimum Gasteiger partial charge on any atom is -0.394 e. The molecule has 29 unspecified atom stereocenters. The minimum atomic E-state index is -1.79. The predicted octanol–water partition coefficient (Wildman–Crippen LogP) is -2.10. The van der Waals surface area contributed by atoms with Crippen molar-refractivity contribution in [2.45, 2.75) is 228 Å². The Labute approximate surface area is 409 Å². The summed E-state index contributed by atoms with van der Waals surface area (Å²) in [7, 11) is 0. The fourth-order valence-corrected chi connectivity index (χ4v) is 14.0. The van der Waals surface area contributed by atoms with Crippen LogP contribution in [-0.4, -0.2) is 221 Å². The Kier molecular flexibility index (Phi) is 17.2. The average molecular weight is 1010 g/mol. The number of hydrogen-bond donors (Lipinski definition) is 13. The molecular formula is C49H82O21. The van der Waals surface area contributed by atoms with Gasteiger partial charge in [-0.15, -0.1) is 0 Å². The van der Waals surface area contributed by atoms with Gasteiger partial charge in [0, 0.05) is 11.8 Å². The van der Waals surface area contributed by atoms with Gasteiger partial charge in [0.25, 0.3) is 0 Å². The molecule has 21 heteroatoms. The van der Waals surface area contributed by atoms with Gasteiger partial charge in [-0.3, -0.25) is 0 Å². The van der Waals surface area contributed by atoms with Crippen molar-refractivity contribution in [2.24, 2.45) is 46.3 Å². The van der Waals surface area contributed by atoms with Crippen LogP contribution in [-0.2, 0) is 37.9 Å². The molecule has 70 heavy (non-hydrogen) atoms. The molecule has 0 amide bonds. The number of aliphatic hydroxyl groups is 13. The zero-order valence-corrected chi connectivity index (χ0v) is 41.1. The van der Waals surface area contributed by atoms with E-state index in [9.17, 15) is 66.4 Å². The molecule has 4 saturated heterocycles. The summed E-state index contributed by atoms with van der Waals surface area (Å²) < 4.78 is 49.7. The van der Waals surface area contributed by atoms with Crippen LogP contribution in [0.2, 0.25) is 0 Å². The van der Waals surface area contributed by atoms with Crippen LogP contribution in [0.5, 0.6) is 0 Å². The van der Waals surface area contributed by atoms with E-state index in [2.05, 4.69) is 33.8 Å². The molecule has 4 aliphatic heterocycles. The van der Waals surface area contributed by atoms with Crippen molar-refractivity contribution < 1.29 is 104 Å². The Morgan fingerprint density at radius 2 is 1.30 bits per heavy atom. The van der Waals surface area contributed by atoms with Gasteiger partial charge in [-0.1, -0.05) is 46.3 Å². The van der Waals surface area contributed by atoms with Crippen molar-refractivity contribution in [1.82, 2.24) is 0 Å². The molecule has 21 nitrogen and oxygen atoms in total. The summed E-state index contributed by atoms with van der Waals surface area (Å²) in [6, 6.07) is 0. The van der Waals surface area contributed by atoms with Gasteiger partial charge in [-0.2, -0.15) is 0 Å². The molecule has 8 aliphatic rings. The van der Waals surface area contributed by atoms with E-state index in [1.54, 1.807) is 0 Å². The van der Waals surface area contributed by atoms with Gasteiger partial charge in [-0.05, 0) is 92.8 Å². The lowest BCUT2D eigenvalue weighted by atomic mass is 9.46. The van der Waals surface area contributed by atoms with E-state index >= 15 is 0 Å². The van der Waals surface area contributed by atoms with E-state index in [4.69, 9.17) is 37.9 Å². The first-order valence-corrected chi connectivity index (χ1v) is 25.6. The van der Waals surface area contributed by atoms with Crippen LogP contribution >= 0.6 is 0 Å². The molecule has 0 spiro atoms. The molecule has 0 aromatic rings. The Balaban J connectivity index is 1.10. The molecule has 29 atom stereocenters. The molecule has 0 bridgehead atoms. The second-order valence-electron chi connectivity index (χ2n) is 22.8. The fraction of sp³-hybridized carbons (Fsp3) is 0.959. The molecule has 404 valence electrons. The summed E-state index contributed by atoms with van der Waals surface area (Å²) in [4.78, 5) is 0. The molecule has 0 radical (unpaired) electrons. The predicted molar refractivity (Wildman–Crippen MR) is 240 cm³/mol. The van der Waals surface area contributed by atoms with Crippen LogP contribution in [0, 0.1) is 46.3 Å². The highest BCUT2D eigenvalue weighted by Gasteiger charge is 2.66. The van der Waals surface area contributed by atoms with E-state index in [0.29, 0.717) is 44.4 Å². The first kappa shape index (κ1) is 55.1. The third kappa shape index (κ3) is 10.2. The van der Waals surface area contributed by atoms with Gasteiger partial charge in [0.1, 0.15) is 79.4 Å². The quantitative estimate of drug-likeness (QED) is 0.0830. The minimum absolute atomic E-state index is 0.00700. The zero-order valence-electron chi connectivity index (χ0n) is 41.1. The van der Waals surface area contributed by atoms with Crippen molar-refractivity contribution in [1.29, 1.82) is 0 Å². The van der Waals surface area contributed by atoms with Crippen molar-refractivity contribution in [3.8, 4) is 0 Å². The maximum atomic E-state index is 11.8. The van der Waals surface area contributed by atoms with E-state index < -0.39 is 159 Å². The highest BCUT2D eigenvalue weighted by atomic mass is 16.8. The monoisotopic (exact) mass is 1010 g/mol. The Hall–Kier alpha value is -1.10. The SMILES string of the molecule is CC(C)CCC(O)C(C)C1C(OC2OC(CO)C(O)C(O)C2O)CC2C3CC=C4CC(O)CC(OC5OCC(O)C(OC6OCC(O)C(O)C6O)C5OC5OC(C)C(O)C(O)C5O)C4(C)C3CCC21C. The van der Waals surface area contributed by atoms with Gasteiger partial charge < -0.3 is 104 Å². The Morgan fingerprint density at radius 3 is 1.99 bits per heavy atom. The molecule has 0 aromatic carbocycles. The van der Waals surface area contributed by atoms with Crippen LogP contribution < -0.4 is 0 Å². The molecule has 4 aliphatic carbocycles. The summed E-state index contributed by atoms with van der Waals surface area (Å²) in [5, 5.41) is 141. The van der Waals surface area contributed by atoms with E-state index in [0.717, 1.165) is 12.0 Å². The lowest BCUT2D eigenvalue weighted by Crippen LogP contribution is -2.65. The molecular weight excluding hydrogens is 925 g/mol. The summed E-state index contributed by atoms with van der Waals surface area (Å²) >= 11 is 0. The topological polar surface area (TPSA) is 337 Å². The van der Waals surface area contributed by atoms with E-state index in [1.807, 2.05) is 6.92 Å². The smallest absolute Gasteiger partial charge is 0.187 e. The van der Waals surface area contributed by atoms with Crippen LogP contribution in [0.3, 0.4) is 0 Å². The third-order valence-electron chi connectivity index (χ3n) is 18.1. The lowest BCUT2D eigenvalue weighted by molar-refractivity contribution is -0.382. The number of rotatable bonds is 14. The van der Waals surface area contributed by atoms with E-state index in [1.165, 1.54) is 6.92 Å². The van der Waals surface area contributed by atoms with Gasteiger partial charge >= 0.3 is 0 Å². The second kappa shape index (κ2) is 21.9. The van der Waals surface area contributed by atoms with Crippen molar-refractivity contribution in [2.75, 3.05) is 19.8 Å². The summed E-state index contributed by atoms with van der Waals surface area (Å²) in [5.74, 6) is -0.167. The van der Waals surface area contributed by atoms with Crippen LogP contribution in [0.25, 0.3) is 0 Å². The van der Waals surface area contributed by atoms with Crippen molar-refractivity contribution >= 4 is 0 Å². The average Bonchev–Trinajstić information content (AvgIpc) is 3.62. The zero-order chi connectivity index (χ0) is 50.9. The van der Waals surface area contributed by atoms with Gasteiger partial charge in [0.2, 0.25) is 0 Å². The Bertz CT molecular complexity index is 1760. The van der Waals surface area contributed by atoms with Crippen LogP contribution in [0.4, 0.5) is 0 Å². The number of allylic oxidation sites excluding steroid dienone is 1. The molecule has 7 fully saturated rings. The summed E-state index contributed by atoms with van der Waals surface area (Å²) in [6.07, 6.45) is -23.3. The number of hydrogen-bond acceptors (Lipinski definition) is 21. The van der Waals surface area contributed by atoms with Crippen molar-refractivity contribution in [3.05, 3.63) is 11.6 Å². The number of aliphatic hydroxyl groups excluding tert-OH is 13. The molecule has 4 heterocycles. The maximum absolute atomic E-state index is 11.8. The summed E-state index contributed by atoms with van der Waals surface area (Å²) in [6.45, 7) is 10.7. The first-order chi connectivity index (χ1) is 33.0. The number of fused-ring (bicyclic) bond motifs is 5. The Morgan fingerprint density at radius 1 is 0.671 bits per heavy atom.